The van der Waals surface area contributed by atoms with Crippen molar-refractivity contribution in [1.82, 2.24) is 15.6 Å². The lowest BCUT2D eigenvalue weighted by Crippen LogP contribution is -2.52. The summed E-state index contributed by atoms with van der Waals surface area (Å²) in [4.78, 5) is 16.8. The molecule has 3 atom stereocenters. The predicted molar refractivity (Wildman–Crippen MR) is 149 cm³/mol. The Morgan fingerprint density at radius 1 is 1.26 bits per heavy atom. The molecule has 39 heavy (non-hydrogen) atoms. The minimum Gasteiger partial charge on any atom is -0.481 e. The third-order valence-electron chi connectivity index (χ3n) is 7.41. The molecule has 1 fully saturated rings. The van der Waals surface area contributed by atoms with Crippen molar-refractivity contribution in [1.29, 1.82) is 0 Å². The van der Waals surface area contributed by atoms with Crippen LogP contribution in [0.5, 0.6) is 11.6 Å². The zero-order valence-corrected chi connectivity index (χ0v) is 24.1. The molecule has 214 valence electrons. The molecule has 0 bridgehead atoms. The molecule has 1 aliphatic heterocycles. The quantitative estimate of drug-likeness (QED) is 0.390. The summed E-state index contributed by atoms with van der Waals surface area (Å²) in [7, 11) is 0. The molecule has 1 aromatic carbocycles. The number of carbonyl (C=O) groups excluding carboxylic acids is 1. The molecule has 0 radical (unpaired) electrons. The molecule has 0 saturated heterocycles. The Balaban J connectivity index is 1.59. The number of hydrogen-bond donors (Lipinski definition) is 3. The number of nitrogens with zero attached hydrogens (tertiary/aromatic N) is 1. The van der Waals surface area contributed by atoms with E-state index < -0.39 is 12.1 Å². The number of nitrogens with one attached hydrogen (secondary N) is 2. The fraction of sp³-hybridized carbons (Fsp3) is 0.613. The molecule has 7 nitrogen and oxygen atoms in total. The summed E-state index contributed by atoms with van der Waals surface area (Å²) < 4.78 is 26.2. The van der Waals surface area contributed by atoms with Gasteiger partial charge in [-0.2, -0.15) is 0 Å². The highest BCUT2D eigenvalue weighted by Crippen LogP contribution is 2.52. The normalized spacial score (nSPS) is 19.6. The van der Waals surface area contributed by atoms with Crippen LogP contribution in [0, 0.1) is 11.2 Å². The molecule has 1 saturated carbocycles. The van der Waals surface area contributed by atoms with Crippen LogP contribution in [0.2, 0.25) is 0 Å². The van der Waals surface area contributed by atoms with Gasteiger partial charge in [-0.1, -0.05) is 32.9 Å². The zero-order valence-electron chi connectivity index (χ0n) is 24.1. The molecular weight excluding hydrogens is 497 g/mol. The van der Waals surface area contributed by atoms with Crippen molar-refractivity contribution in [3.8, 4) is 11.6 Å². The van der Waals surface area contributed by atoms with Crippen molar-refractivity contribution < 1.29 is 23.8 Å². The van der Waals surface area contributed by atoms with E-state index in [4.69, 9.17) is 14.5 Å². The Hall–Kier alpha value is -2.71. The number of aromatic nitrogens is 1. The third-order valence-corrected chi connectivity index (χ3v) is 7.41. The molecule has 2 aliphatic rings. The minimum absolute atomic E-state index is 0.0477. The summed E-state index contributed by atoms with van der Waals surface area (Å²) in [6.07, 6.45) is 4.12. The Morgan fingerprint density at radius 3 is 2.51 bits per heavy atom. The topological polar surface area (TPSA) is 92.7 Å². The van der Waals surface area contributed by atoms with Crippen molar-refractivity contribution in [3.63, 3.8) is 0 Å². The van der Waals surface area contributed by atoms with Crippen LogP contribution in [0.1, 0.15) is 90.1 Å². The molecule has 2 aromatic rings. The van der Waals surface area contributed by atoms with Gasteiger partial charge in [0.1, 0.15) is 11.4 Å². The molecule has 1 amide bonds. The summed E-state index contributed by atoms with van der Waals surface area (Å²) in [5.74, 6) is 0.692. The number of aliphatic hydroxyl groups is 1. The average Bonchev–Trinajstić information content (AvgIpc) is 2.80. The molecule has 4 rings (SSSR count). The highest BCUT2D eigenvalue weighted by atomic mass is 19.1. The van der Waals surface area contributed by atoms with Gasteiger partial charge >= 0.3 is 0 Å². The zero-order chi connectivity index (χ0) is 28.4. The molecule has 1 spiro atoms. The first kappa shape index (κ1) is 29.3. The summed E-state index contributed by atoms with van der Waals surface area (Å²) >= 11 is 0. The van der Waals surface area contributed by atoms with Crippen molar-refractivity contribution in [2.24, 2.45) is 5.41 Å². The lowest BCUT2D eigenvalue weighted by molar-refractivity contribution is -0.120. The first-order valence-electron chi connectivity index (χ1n) is 14.1. The van der Waals surface area contributed by atoms with Gasteiger partial charge in [0, 0.05) is 37.2 Å². The first-order chi connectivity index (χ1) is 18.3. The van der Waals surface area contributed by atoms with Gasteiger partial charge in [0.25, 0.3) is 5.88 Å². The fourth-order valence-electron chi connectivity index (χ4n) is 5.50. The second-order valence-electron chi connectivity index (χ2n) is 12.7. The minimum atomic E-state index is -0.857. The highest BCUT2D eigenvalue weighted by Gasteiger charge is 2.47. The van der Waals surface area contributed by atoms with E-state index in [1.807, 2.05) is 13.8 Å². The Morgan fingerprint density at radius 2 is 1.95 bits per heavy atom. The third kappa shape index (κ3) is 7.70. The molecule has 8 heteroatoms. The molecule has 2 heterocycles. The number of benzene rings is 1. The van der Waals surface area contributed by atoms with Crippen LogP contribution in [0.15, 0.2) is 30.3 Å². The van der Waals surface area contributed by atoms with Crippen molar-refractivity contribution in [2.45, 2.75) is 110 Å². The Kier molecular flexibility index (Phi) is 8.86. The highest BCUT2D eigenvalue weighted by molar-refractivity contribution is 5.73. The van der Waals surface area contributed by atoms with Crippen LogP contribution in [-0.2, 0) is 17.6 Å². The van der Waals surface area contributed by atoms with E-state index in [2.05, 4.69) is 37.5 Å². The number of fused-ring (bicyclic) bond motifs is 1. The molecular formula is C31H44FN3O4. The van der Waals surface area contributed by atoms with E-state index in [0.29, 0.717) is 18.1 Å². The van der Waals surface area contributed by atoms with Gasteiger partial charge < -0.3 is 25.2 Å². The van der Waals surface area contributed by atoms with E-state index in [0.717, 1.165) is 48.9 Å². The summed E-state index contributed by atoms with van der Waals surface area (Å²) in [6, 6.07) is 7.67. The van der Waals surface area contributed by atoms with Gasteiger partial charge in [0.2, 0.25) is 5.91 Å². The SMILES string of the molecule is CC(=O)N[C@@H](Cc1ccc(F)cc1)[C@@H](O)CN[C@H]1CC2(CCC2)Oc2c1cc(CC(C)(C)C)nc2OC(C)C. The van der Waals surface area contributed by atoms with Crippen molar-refractivity contribution in [2.75, 3.05) is 6.54 Å². The van der Waals surface area contributed by atoms with E-state index in [1.165, 1.54) is 19.1 Å². The Bertz CT molecular complexity index is 1140. The average molecular weight is 542 g/mol. The van der Waals surface area contributed by atoms with Gasteiger partial charge in [-0.05, 0) is 75.1 Å². The second kappa shape index (κ2) is 11.8. The van der Waals surface area contributed by atoms with Crippen LogP contribution in [0.4, 0.5) is 4.39 Å². The number of hydrogen-bond acceptors (Lipinski definition) is 6. The maximum Gasteiger partial charge on any atom is 0.257 e. The van der Waals surface area contributed by atoms with Gasteiger partial charge in [-0.3, -0.25) is 4.79 Å². The molecule has 1 aromatic heterocycles. The summed E-state index contributed by atoms with van der Waals surface area (Å²) in [5.41, 5.74) is 2.58. The van der Waals surface area contributed by atoms with Crippen LogP contribution >= 0.6 is 0 Å². The van der Waals surface area contributed by atoms with Gasteiger partial charge in [0.05, 0.1) is 18.2 Å². The number of ether oxygens (including phenoxy) is 2. The van der Waals surface area contributed by atoms with E-state index >= 15 is 0 Å². The lowest BCUT2D eigenvalue weighted by atomic mass is 9.73. The molecule has 1 aliphatic carbocycles. The van der Waals surface area contributed by atoms with Crippen LogP contribution in [-0.4, -0.2) is 46.4 Å². The second-order valence-corrected chi connectivity index (χ2v) is 12.7. The molecule has 3 N–H and O–H groups in total. The number of halogens is 1. The van der Waals surface area contributed by atoms with E-state index in [9.17, 15) is 14.3 Å². The van der Waals surface area contributed by atoms with Gasteiger partial charge in [-0.15, -0.1) is 0 Å². The number of rotatable bonds is 10. The number of amides is 1. The number of carbonyl (C=O) groups is 1. The summed E-state index contributed by atoms with van der Waals surface area (Å²) in [5, 5.41) is 17.7. The smallest absolute Gasteiger partial charge is 0.257 e. The first-order valence-corrected chi connectivity index (χ1v) is 14.1. The maximum atomic E-state index is 13.4. The predicted octanol–water partition coefficient (Wildman–Crippen LogP) is 5.04. The van der Waals surface area contributed by atoms with Crippen LogP contribution in [0.3, 0.4) is 0 Å². The van der Waals surface area contributed by atoms with E-state index in [1.54, 1.807) is 12.1 Å². The lowest BCUT2D eigenvalue weighted by Gasteiger charge is -2.48. The fourth-order valence-corrected chi connectivity index (χ4v) is 5.50. The largest absolute Gasteiger partial charge is 0.481 e. The van der Waals surface area contributed by atoms with Crippen molar-refractivity contribution in [3.05, 3.63) is 53.0 Å². The monoisotopic (exact) mass is 541 g/mol. The van der Waals surface area contributed by atoms with Gasteiger partial charge in [0.15, 0.2) is 5.75 Å². The summed E-state index contributed by atoms with van der Waals surface area (Å²) in [6.45, 7) is 12.2. The number of pyridine rings is 1. The van der Waals surface area contributed by atoms with E-state index in [-0.39, 0.29) is 41.4 Å². The van der Waals surface area contributed by atoms with Crippen LogP contribution < -0.4 is 20.1 Å². The number of aliphatic hydroxyl groups excluding tert-OH is 1. The van der Waals surface area contributed by atoms with Crippen molar-refractivity contribution >= 4 is 5.91 Å². The maximum absolute atomic E-state index is 13.4. The molecule has 0 unspecified atom stereocenters. The standard InChI is InChI=1S/C31H44FN3O4/c1-19(2)38-29-28-24(15-23(35-29)16-30(4,5)6)26(17-31(39-28)12-7-13-31)33-18-27(37)25(34-20(3)36)14-21-8-10-22(32)11-9-21/h8-11,15,19,25-27,33,37H,7,12-14,16-18H2,1-6H3,(H,34,36)/t25-,26-,27-/m0/s1. The van der Waals surface area contributed by atoms with Crippen LogP contribution in [0.25, 0.3) is 0 Å². The van der Waals surface area contributed by atoms with Gasteiger partial charge in [-0.25, -0.2) is 9.37 Å². The Labute approximate surface area is 231 Å².